The van der Waals surface area contributed by atoms with E-state index in [9.17, 15) is 9.59 Å². The number of nitrogens with zero attached hydrogens (tertiary/aromatic N) is 3. The topological polar surface area (TPSA) is 62.7 Å². The predicted octanol–water partition coefficient (Wildman–Crippen LogP) is 1.62. The lowest BCUT2D eigenvalue weighted by molar-refractivity contribution is -0.131. The molecule has 0 spiro atoms. The van der Waals surface area contributed by atoms with Crippen LogP contribution in [0.2, 0.25) is 0 Å². The average Bonchev–Trinajstić information content (AvgIpc) is 2.68. The third kappa shape index (κ3) is 3.96. The van der Waals surface area contributed by atoms with Gasteiger partial charge in [0.05, 0.1) is 13.5 Å². The second-order valence-corrected chi connectivity index (χ2v) is 5.88. The van der Waals surface area contributed by atoms with Gasteiger partial charge in [0.25, 0.3) is 5.91 Å². The van der Waals surface area contributed by atoms with Crippen molar-refractivity contribution in [3.8, 4) is 5.75 Å². The number of piperazine rings is 1. The molecule has 0 aliphatic carbocycles. The number of hydrogen-bond donors (Lipinski definition) is 0. The molecule has 0 bridgehead atoms. The van der Waals surface area contributed by atoms with Crippen LogP contribution in [0.15, 0.2) is 48.7 Å². The van der Waals surface area contributed by atoms with Gasteiger partial charge in [-0.05, 0) is 18.2 Å². The first kappa shape index (κ1) is 17.0. The van der Waals surface area contributed by atoms with Gasteiger partial charge in [-0.15, -0.1) is 0 Å². The standard InChI is InChI=1S/C19H21N3O3/c1-25-17-8-3-2-6-15(17)14-18(23)21-10-12-22(13-11-21)19(24)16-7-4-5-9-20-16/h2-9H,10-14H2,1H3. The lowest BCUT2D eigenvalue weighted by atomic mass is 10.1. The molecule has 2 amide bonds. The summed E-state index contributed by atoms with van der Waals surface area (Å²) < 4.78 is 5.30. The molecular weight excluding hydrogens is 318 g/mol. The van der Waals surface area contributed by atoms with Crippen LogP contribution in [0.1, 0.15) is 16.1 Å². The number of aromatic nitrogens is 1. The van der Waals surface area contributed by atoms with Gasteiger partial charge < -0.3 is 14.5 Å². The van der Waals surface area contributed by atoms with Crippen molar-refractivity contribution >= 4 is 11.8 Å². The maximum Gasteiger partial charge on any atom is 0.272 e. The molecule has 130 valence electrons. The molecule has 0 radical (unpaired) electrons. The van der Waals surface area contributed by atoms with E-state index in [2.05, 4.69) is 4.98 Å². The number of hydrogen-bond acceptors (Lipinski definition) is 4. The number of methoxy groups -OCH3 is 1. The molecule has 2 heterocycles. The van der Waals surface area contributed by atoms with E-state index < -0.39 is 0 Å². The van der Waals surface area contributed by atoms with E-state index in [4.69, 9.17) is 4.74 Å². The van der Waals surface area contributed by atoms with Crippen LogP contribution in [0.3, 0.4) is 0 Å². The first-order chi connectivity index (χ1) is 12.2. The van der Waals surface area contributed by atoms with E-state index in [0.29, 0.717) is 38.3 Å². The molecule has 0 saturated carbocycles. The second-order valence-electron chi connectivity index (χ2n) is 5.88. The summed E-state index contributed by atoms with van der Waals surface area (Å²) in [6, 6.07) is 12.8. The van der Waals surface area contributed by atoms with Crippen LogP contribution < -0.4 is 4.74 Å². The minimum absolute atomic E-state index is 0.0504. The van der Waals surface area contributed by atoms with E-state index >= 15 is 0 Å². The van der Waals surface area contributed by atoms with Gasteiger partial charge in [0, 0.05) is 37.9 Å². The first-order valence-corrected chi connectivity index (χ1v) is 8.29. The van der Waals surface area contributed by atoms with Crippen molar-refractivity contribution in [2.24, 2.45) is 0 Å². The number of ether oxygens (including phenoxy) is 1. The van der Waals surface area contributed by atoms with E-state index in [1.165, 1.54) is 0 Å². The van der Waals surface area contributed by atoms with Crippen LogP contribution >= 0.6 is 0 Å². The second kappa shape index (κ2) is 7.79. The van der Waals surface area contributed by atoms with E-state index in [-0.39, 0.29) is 11.8 Å². The fraction of sp³-hybridized carbons (Fsp3) is 0.316. The SMILES string of the molecule is COc1ccccc1CC(=O)N1CCN(C(=O)c2ccccn2)CC1. The zero-order valence-corrected chi connectivity index (χ0v) is 14.2. The largest absolute Gasteiger partial charge is 0.496 e. The summed E-state index contributed by atoms with van der Waals surface area (Å²) in [4.78, 5) is 32.6. The summed E-state index contributed by atoms with van der Waals surface area (Å²) >= 11 is 0. The normalized spacial score (nSPS) is 14.3. The van der Waals surface area contributed by atoms with Crippen molar-refractivity contribution in [1.82, 2.24) is 14.8 Å². The van der Waals surface area contributed by atoms with Gasteiger partial charge in [-0.1, -0.05) is 24.3 Å². The zero-order chi connectivity index (χ0) is 17.6. The third-order valence-corrected chi connectivity index (χ3v) is 4.34. The molecule has 1 saturated heterocycles. The Morgan fingerprint density at radius 3 is 2.36 bits per heavy atom. The lowest BCUT2D eigenvalue weighted by Crippen LogP contribution is -2.51. The quantitative estimate of drug-likeness (QED) is 0.849. The molecule has 0 N–H and O–H groups in total. The Hall–Kier alpha value is -2.89. The first-order valence-electron chi connectivity index (χ1n) is 8.29. The highest BCUT2D eigenvalue weighted by Crippen LogP contribution is 2.19. The van der Waals surface area contributed by atoms with Crippen LogP contribution in [-0.2, 0) is 11.2 Å². The minimum Gasteiger partial charge on any atom is -0.496 e. The van der Waals surface area contributed by atoms with Gasteiger partial charge in [0.1, 0.15) is 11.4 Å². The molecule has 0 unspecified atom stereocenters. The Kier molecular flexibility index (Phi) is 5.28. The van der Waals surface area contributed by atoms with Crippen molar-refractivity contribution in [3.05, 3.63) is 59.9 Å². The van der Waals surface area contributed by atoms with E-state index in [1.807, 2.05) is 24.3 Å². The smallest absolute Gasteiger partial charge is 0.272 e. The Balaban J connectivity index is 1.57. The number of carbonyl (C=O) groups excluding carboxylic acids is 2. The summed E-state index contributed by atoms with van der Waals surface area (Å²) in [5.41, 5.74) is 1.32. The molecule has 0 atom stereocenters. The highest BCUT2D eigenvalue weighted by Gasteiger charge is 2.25. The molecule has 1 aromatic carbocycles. The van der Waals surface area contributed by atoms with Gasteiger partial charge in [-0.25, -0.2) is 0 Å². The van der Waals surface area contributed by atoms with Gasteiger partial charge in [0.2, 0.25) is 5.91 Å². The molecule has 6 nitrogen and oxygen atoms in total. The van der Waals surface area contributed by atoms with Crippen LogP contribution in [0, 0.1) is 0 Å². The summed E-state index contributed by atoms with van der Waals surface area (Å²) in [5.74, 6) is 0.687. The molecule has 2 aromatic rings. The van der Waals surface area contributed by atoms with Crippen molar-refractivity contribution in [2.45, 2.75) is 6.42 Å². The van der Waals surface area contributed by atoms with E-state index in [0.717, 1.165) is 11.3 Å². The molecule has 6 heteroatoms. The Morgan fingerprint density at radius 1 is 1.00 bits per heavy atom. The fourth-order valence-corrected chi connectivity index (χ4v) is 2.93. The highest BCUT2D eigenvalue weighted by atomic mass is 16.5. The molecule has 3 rings (SSSR count). The summed E-state index contributed by atoms with van der Waals surface area (Å²) in [6.07, 6.45) is 1.92. The molecular formula is C19H21N3O3. The number of carbonyl (C=O) groups is 2. The fourth-order valence-electron chi connectivity index (χ4n) is 2.93. The maximum atomic E-state index is 12.5. The third-order valence-electron chi connectivity index (χ3n) is 4.34. The summed E-state index contributed by atoms with van der Waals surface area (Å²) in [6.45, 7) is 2.11. The molecule has 1 aliphatic rings. The van der Waals surface area contributed by atoms with Gasteiger partial charge >= 0.3 is 0 Å². The van der Waals surface area contributed by atoms with Gasteiger partial charge in [-0.2, -0.15) is 0 Å². The summed E-state index contributed by atoms with van der Waals surface area (Å²) in [5, 5.41) is 0. The molecule has 1 aromatic heterocycles. The highest BCUT2D eigenvalue weighted by molar-refractivity contribution is 5.92. The van der Waals surface area contributed by atoms with Crippen molar-refractivity contribution in [1.29, 1.82) is 0 Å². The molecule has 1 fully saturated rings. The van der Waals surface area contributed by atoms with Crippen LogP contribution in [0.25, 0.3) is 0 Å². The number of rotatable bonds is 4. The van der Waals surface area contributed by atoms with Crippen LogP contribution in [-0.4, -0.2) is 59.9 Å². The van der Waals surface area contributed by atoms with Crippen LogP contribution in [0.4, 0.5) is 0 Å². The van der Waals surface area contributed by atoms with E-state index in [1.54, 1.807) is 41.3 Å². The number of benzene rings is 1. The Bertz CT molecular complexity index is 741. The van der Waals surface area contributed by atoms with Crippen LogP contribution in [0.5, 0.6) is 5.75 Å². The van der Waals surface area contributed by atoms with Gasteiger partial charge in [0.15, 0.2) is 0 Å². The number of amides is 2. The molecule has 25 heavy (non-hydrogen) atoms. The Labute approximate surface area is 147 Å². The average molecular weight is 339 g/mol. The molecule has 1 aliphatic heterocycles. The van der Waals surface area contributed by atoms with Gasteiger partial charge in [-0.3, -0.25) is 14.6 Å². The van der Waals surface area contributed by atoms with Crippen molar-refractivity contribution < 1.29 is 14.3 Å². The predicted molar refractivity (Wildman–Crippen MR) is 93.4 cm³/mol. The minimum atomic E-state index is -0.0857. The number of pyridine rings is 1. The Morgan fingerprint density at radius 2 is 1.68 bits per heavy atom. The zero-order valence-electron chi connectivity index (χ0n) is 14.2. The maximum absolute atomic E-state index is 12.5. The monoisotopic (exact) mass is 339 g/mol. The van der Waals surface area contributed by atoms with Crippen molar-refractivity contribution in [3.63, 3.8) is 0 Å². The number of para-hydroxylation sites is 1. The lowest BCUT2D eigenvalue weighted by Gasteiger charge is -2.34. The summed E-state index contributed by atoms with van der Waals surface area (Å²) in [7, 11) is 1.60. The van der Waals surface area contributed by atoms with Crippen molar-refractivity contribution in [2.75, 3.05) is 33.3 Å².